The summed E-state index contributed by atoms with van der Waals surface area (Å²) in [5.74, 6) is -0.976. The number of fused-ring (bicyclic) bond motifs is 1. The van der Waals surface area contributed by atoms with Crippen molar-refractivity contribution in [2.75, 3.05) is 6.54 Å². The minimum atomic E-state index is -4.59. The standard InChI is InChI=1S/C14H14F3N3O/c15-14(16,17)13-19-10-3-1-2-4-11(10)20(13)8-12(21)18-7-9-5-6-9/h1-4,9H,5-8H2,(H,18,21). The van der Waals surface area contributed by atoms with E-state index in [9.17, 15) is 18.0 Å². The number of halogens is 3. The lowest BCUT2D eigenvalue weighted by atomic mass is 10.3. The van der Waals surface area contributed by atoms with Crippen LogP contribution in [-0.2, 0) is 17.5 Å². The smallest absolute Gasteiger partial charge is 0.354 e. The fraction of sp³-hybridized carbons (Fsp3) is 0.429. The predicted molar refractivity (Wildman–Crippen MR) is 70.5 cm³/mol. The Labute approximate surface area is 119 Å². The molecular weight excluding hydrogens is 283 g/mol. The van der Waals surface area contributed by atoms with Gasteiger partial charge in [-0.3, -0.25) is 4.79 Å². The third kappa shape index (κ3) is 3.01. The molecule has 0 aliphatic heterocycles. The molecule has 1 amide bonds. The van der Waals surface area contributed by atoms with Crippen LogP contribution in [-0.4, -0.2) is 22.0 Å². The number of hydrogen-bond donors (Lipinski definition) is 1. The molecule has 0 unspecified atom stereocenters. The average Bonchev–Trinajstić information content (AvgIpc) is 3.18. The lowest BCUT2D eigenvalue weighted by Crippen LogP contribution is -2.30. The van der Waals surface area contributed by atoms with Gasteiger partial charge in [0.15, 0.2) is 0 Å². The van der Waals surface area contributed by atoms with Crippen LogP contribution in [0.15, 0.2) is 24.3 Å². The number of alkyl halides is 3. The lowest BCUT2D eigenvalue weighted by molar-refractivity contribution is -0.147. The highest BCUT2D eigenvalue weighted by Crippen LogP contribution is 2.31. The Morgan fingerprint density at radius 3 is 2.71 bits per heavy atom. The molecule has 1 fully saturated rings. The van der Waals surface area contributed by atoms with Crippen molar-refractivity contribution in [3.8, 4) is 0 Å². The summed E-state index contributed by atoms with van der Waals surface area (Å²) in [4.78, 5) is 15.4. The first-order valence-corrected chi connectivity index (χ1v) is 6.74. The van der Waals surface area contributed by atoms with Gasteiger partial charge < -0.3 is 9.88 Å². The van der Waals surface area contributed by atoms with Crippen LogP contribution >= 0.6 is 0 Å². The van der Waals surface area contributed by atoms with Crippen LogP contribution in [0.4, 0.5) is 13.2 Å². The first kappa shape index (κ1) is 13.9. The van der Waals surface area contributed by atoms with E-state index in [1.54, 1.807) is 12.1 Å². The Morgan fingerprint density at radius 1 is 1.33 bits per heavy atom. The first-order chi connectivity index (χ1) is 9.95. The van der Waals surface area contributed by atoms with Gasteiger partial charge in [0.05, 0.1) is 11.0 Å². The second kappa shape index (κ2) is 5.05. The highest BCUT2D eigenvalue weighted by atomic mass is 19.4. The van der Waals surface area contributed by atoms with E-state index in [4.69, 9.17) is 0 Å². The van der Waals surface area contributed by atoms with E-state index in [1.807, 2.05) is 0 Å². The Morgan fingerprint density at radius 2 is 2.05 bits per heavy atom. The molecule has 0 radical (unpaired) electrons. The summed E-state index contributed by atoms with van der Waals surface area (Å²) in [7, 11) is 0. The summed E-state index contributed by atoms with van der Waals surface area (Å²) in [5, 5.41) is 2.67. The Hall–Kier alpha value is -2.05. The highest BCUT2D eigenvalue weighted by Gasteiger charge is 2.38. The summed E-state index contributed by atoms with van der Waals surface area (Å²) < 4.78 is 40.1. The number of carbonyl (C=O) groups is 1. The number of para-hydroxylation sites is 2. The second-order valence-electron chi connectivity index (χ2n) is 5.26. The molecule has 7 heteroatoms. The van der Waals surface area contributed by atoms with Gasteiger partial charge in [-0.1, -0.05) is 12.1 Å². The molecule has 1 N–H and O–H groups in total. The topological polar surface area (TPSA) is 46.9 Å². The number of aromatic nitrogens is 2. The molecule has 0 atom stereocenters. The summed E-state index contributed by atoms with van der Waals surface area (Å²) in [6, 6.07) is 6.28. The zero-order valence-corrected chi connectivity index (χ0v) is 11.2. The fourth-order valence-electron chi connectivity index (χ4n) is 2.23. The van der Waals surface area contributed by atoms with Gasteiger partial charge >= 0.3 is 6.18 Å². The van der Waals surface area contributed by atoms with Gasteiger partial charge in [0.2, 0.25) is 11.7 Å². The van der Waals surface area contributed by atoms with Crippen molar-refractivity contribution < 1.29 is 18.0 Å². The molecular formula is C14H14F3N3O. The van der Waals surface area contributed by atoms with Gasteiger partial charge in [0.25, 0.3) is 0 Å². The molecule has 1 aliphatic rings. The molecule has 1 aromatic heterocycles. The van der Waals surface area contributed by atoms with Gasteiger partial charge in [-0.25, -0.2) is 4.98 Å². The molecule has 21 heavy (non-hydrogen) atoms. The van der Waals surface area contributed by atoms with Crippen LogP contribution in [0.5, 0.6) is 0 Å². The number of amides is 1. The van der Waals surface area contributed by atoms with E-state index in [0.717, 1.165) is 17.4 Å². The number of nitrogens with one attached hydrogen (secondary N) is 1. The summed E-state index contributed by atoms with van der Waals surface area (Å²) in [6.07, 6.45) is -2.44. The molecule has 0 saturated heterocycles. The summed E-state index contributed by atoms with van der Waals surface area (Å²) in [5.41, 5.74) is 0.547. The summed E-state index contributed by atoms with van der Waals surface area (Å²) in [6.45, 7) is 0.162. The van der Waals surface area contributed by atoms with Crippen molar-refractivity contribution in [3.05, 3.63) is 30.1 Å². The van der Waals surface area contributed by atoms with Gasteiger partial charge in [-0.2, -0.15) is 13.2 Å². The maximum Gasteiger partial charge on any atom is 0.449 e. The van der Waals surface area contributed by atoms with Crippen molar-refractivity contribution >= 4 is 16.9 Å². The van der Waals surface area contributed by atoms with Crippen LogP contribution in [0, 0.1) is 5.92 Å². The van der Waals surface area contributed by atoms with Gasteiger partial charge in [0.1, 0.15) is 6.54 Å². The first-order valence-electron chi connectivity index (χ1n) is 6.74. The van der Waals surface area contributed by atoms with E-state index in [0.29, 0.717) is 18.0 Å². The molecule has 3 rings (SSSR count). The van der Waals surface area contributed by atoms with Gasteiger partial charge in [-0.05, 0) is 30.9 Å². The molecule has 1 aromatic carbocycles. The van der Waals surface area contributed by atoms with Crippen LogP contribution in [0.2, 0.25) is 0 Å². The largest absolute Gasteiger partial charge is 0.449 e. The van der Waals surface area contributed by atoms with Gasteiger partial charge in [-0.15, -0.1) is 0 Å². The van der Waals surface area contributed by atoms with E-state index >= 15 is 0 Å². The molecule has 1 heterocycles. The number of rotatable bonds is 4. The highest BCUT2D eigenvalue weighted by molar-refractivity contribution is 5.81. The normalized spacial score (nSPS) is 15.4. The molecule has 4 nitrogen and oxygen atoms in total. The third-order valence-corrected chi connectivity index (χ3v) is 3.49. The number of carbonyl (C=O) groups excluding carboxylic acids is 1. The van der Waals surface area contributed by atoms with Crippen molar-refractivity contribution in [2.24, 2.45) is 5.92 Å². The Kier molecular flexibility index (Phi) is 3.35. The molecule has 1 aliphatic carbocycles. The number of hydrogen-bond acceptors (Lipinski definition) is 2. The monoisotopic (exact) mass is 297 g/mol. The number of benzene rings is 1. The maximum absolute atomic E-state index is 13.0. The van der Waals surface area contributed by atoms with E-state index in [2.05, 4.69) is 10.3 Å². The predicted octanol–water partition coefficient (Wildman–Crippen LogP) is 2.58. The van der Waals surface area contributed by atoms with Crippen LogP contribution in [0.25, 0.3) is 11.0 Å². The maximum atomic E-state index is 13.0. The minimum Gasteiger partial charge on any atom is -0.354 e. The number of imidazole rings is 1. The van der Waals surface area contributed by atoms with E-state index in [1.165, 1.54) is 12.1 Å². The van der Waals surface area contributed by atoms with Crippen molar-refractivity contribution in [1.29, 1.82) is 0 Å². The van der Waals surface area contributed by atoms with Crippen molar-refractivity contribution in [2.45, 2.75) is 25.6 Å². The zero-order chi connectivity index (χ0) is 15.0. The SMILES string of the molecule is O=C(Cn1c(C(F)(F)F)nc2ccccc21)NCC1CC1. The van der Waals surface area contributed by atoms with Crippen LogP contribution in [0.3, 0.4) is 0 Å². The molecule has 1 saturated carbocycles. The van der Waals surface area contributed by atoms with E-state index < -0.39 is 17.9 Å². The fourth-order valence-corrected chi connectivity index (χ4v) is 2.23. The van der Waals surface area contributed by atoms with E-state index in [-0.39, 0.29) is 12.1 Å². The second-order valence-corrected chi connectivity index (χ2v) is 5.26. The Bertz CT molecular complexity index is 674. The average molecular weight is 297 g/mol. The molecule has 0 bridgehead atoms. The van der Waals surface area contributed by atoms with Crippen molar-refractivity contribution in [3.63, 3.8) is 0 Å². The zero-order valence-electron chi connectivity index (χ0n) is 11.2. The summed E-state index contributed by atoms with van der Waals surface area (Å²) >= 11 is 0. The quantitative estimate of drug-likeness (QED) is 0.943. The number of nitrogens with zero attached hydrogens (tertiary/aromatic N) is 2. The molecule has 0 spiro atoms. The molecule has 112 valence electrons. The lowest BCUT2D eigenvalue weighted by Gasteiger charge is -2.11. The van der Waals surface area contributed by atoms with Gasteiger partial charge in [0, 0.05) is 6.54 Å². The minimum absolute atomic E-state index is 0.236. The third-order valence-electron chi connectivity index (χ3n) is 3.49. The molecule has 2 aromatic rings. The Balaban J connectivity index is 1.89. The van der Waals surface area contributed by atoms with Crippen molar-refractivity contribution in [1.82, 2.24) is 14.9 Å². The van der Waals surface area contributed by atoms with Crippen LogP contribution in [0.1, 0.15) is 18.7 Å². The van der Waals surface area contributed by atoms with Crippen LogP contribution < -0.4 is 5.32 Å².